The van der Waals surface area contributed by atoms with Crippen LogP contribution in [0, 0.1) is 23.7 Å². The molecule has 7 nitrogen and oxygen atoms in total. The van der Waals surface area contributed by atoms with Crippen molar-refractivity contribution in [1.29, 1.82) is 0 Å². The van der Waals surface area contributed by atoms with Crippen LogP contribution in [0.4, 0.5) is 0 Å². The highest BCUT2D eigenvalue weighted by Gasteiger charge is 2.54. The minimum atomic E-state index is -1.63. The van der Waals surface area contributed by atoms with Crippen molar-refractivity contribution in [3.05, 3.63) is 70.3 Å². The largest absolute Gasteiger partial charge is 0.468 e. The van der Waals surface area contributed by atoms with E-state index in [9.17, 15) is 24.3 Å². The number of aliphatic hydroxyl groups is 1. The maximum Gasteiger partial charge on any atom is 0.343 e. The number of aliphatic hydroxyl groups excluding tert-OH is 1. The summed E-state index contributed by atoms with van der Waals surface area (Å²) in [6.45, 7) is 11.8. The Morgan fingerprint density at radius 1 is 1.21 bits per heavy atom. The highest BCUT2D eigenvalue weighted by Crippen LogP contribution is 2.47. The van der Waals surface area contributed by atoms with Gasteiger partial charge < -0.3 is 14.6 Å². The molecule has 0 spiro atoms. The Balaban J connectivity index is 1.64. The lowest BCUT2D eigenvalue weighted by Gasteiger charge is -2.35. The molecule has 0 aromatic carbocycles. The lowest BCUT2D eigenvalue weighted by atomic mass is 9.73. The molecule has 1 N–H and O–H groups in total. The summed E-state index contributed by atoms with van der Waals surface area (Å²) >= 11 is 0. The Labute approximate surface area is 230 Å². The normalized spacial score (nSPS) is 30.6. The maximum atomic E-state index is 13.3. The van der Waals surface area contributed by atoms with Gasteiger partial charge in [0.25, 0.3) is 0 Å². The zero-order valence-corrected chi connectivity index (χ0v) is 23.6. The van der Waals surface area contributed by atoms with E-state index in [-0.39, 0.29) is 29.3 Å². The molecular weight excluding hydrogens is 496 g/mol. The lowest BCUT2D eigenvalue weighted by molar-refractivity contribution is -0.152. The Kier molecular flexibility index (Phi) is 8.12. The molecular formula is C32H38O7. The topological polar surface area (TPSA) is 107 Å². The van der Waals surface area contributed by atoms with Crippen LogP contribution in [0.15, 0.2) is 70.3 Å². The first-order valence-corrected chi connectivity index (χ1v) is 13.8. The number of hydrogen-bond acceptors (Lipinski definition) is 7. The van der Waals surface area contributed by atoms with Crippen LogP contribution >= 0.6 is 0 Å². The van der Waals surface area contributed by atoms with Gasteiger partial charge in [0, 0.05) is 17.6 Å². The molecule has 4 aliphatic rings. The third kappa shape index (κ3) is 5.55. The molecule has 2 aliphatic carbocycles. The van der Waals surface area contributed by atoms with Gasteiger partial charge in [0.1, 0.15) is 17.1 Å². The van der Waals surface area contributed by atoms with Gasteiger partial charge in [-0.1, -0.05) is 51.8 Å². The maximum absolute atomic E-state index is 13.3. The Hall–Kier alpha value is -3.32. The molecule has 0 aromatic heterocycles. The average Bonchev–Trinajstić information content (AvgIpc) is 3.13. The van der Waals surface area contributed by atoms with Crippen LogP contribution in [0.2, 0.25) is 0 Å². The van der Waals surface area contributed by atoms with Gasteiger partial charge in [-0.15, -0.1) is 0 Å². The molecule has 0 bridgehead atoms. The highest BCUT2D eigenvalue weighted by atomic mass is 16.6. The number of ether oxygens (including phenoxy) is 2. The number of esters is 1. The van der Waals surface area contributed by atoms with Crippen molar-refractivity contribution in [3.8, 4) is 0 Å². The van der Waals surface area contributed by atoms with E-state index in [2.05, 4.69) is 26.8 Å². The highest BCUT2D eigenvalue weighted by molar-refractivity contribution is 6.27. The number of allylic oxidation sites excluding steroid dienone is 7. The second kappa shape index (κ2) is 11.0. The van der Waals surface area contributed by atoms with Crippen LogP contribution in [-0.2, 0) is 28.7 Å². The van der Waals surface area contributed by atoms with E-state index in [1.807, 2.05) is 13.8 Å². The zero-order chi connectivity index (χ0) is 28.6. The summed E-state index contributed by atoms with van der Waals surface area (Å²) in [5.74, 6) is -1.34. The van der Waals surface area contributed by atoms with E-state index in [4.69, 9.17) is 9.47 Å². The molecule has 4 rings (SSSR count). The first kappa shape index (κ1) is 28.7. The van der Waals surface area contributed by atoms with E-state index in [1.165, 1.54) is 25.3 Å². The smallest absolute Gasteiger partial charge is 0.343 e. The van der Waals surface area contributed by atoms with Crippen molar-refractivity contribution in [2.45, 2.75) is 78.9 Å². The van der Waals surface area contributed by atoms with Gasteiger partial charge in [-0.3, -0.25) is 14.4 Å². The number of Topliss-reactive ketones (excluding diaryl/α,β-unsaturated/α-hetero) is 1. The molecule has 39 heavy (non-hydrogen) atoms. The third-order valence-corrected chi connectivity index (χ3v) is 8.24. The fourth-order valence-electron chi connectivity index (χ4n) is 6.07. The Morgan fingerprint density at radius 2 is 1.92 bits per heavy atom. The summed E-state index contributed by atoms with van der Waals surface area (Å²) in [5, 5.41) is 9.95. The molecule has 0 amide bonds. The van der Waals surface area contributed by atoms with Crippen molar-refractivity contribution < 1.29 is 33.8 Å². The molecule has 0 radical (unpaired) electrons. The van der Waals surface area contributed by atoms with E-state index < -0.39 is 35.2 Å². The fourth-order valence-corrected chi connectivity index (χ4v) is 6.07. The standard InChI is InChI=1S/C32H38O7/c1-7-17(2)10-19(4)11-18(3)8-9-24(34)29-30-23-16-38-26(28-20(5)12-22(33)15-25(28)35)13-21(23)14-27(36)32(30,6)39-31(29)37/h8-9,11,13-14,16-17,19-20,22,28,33H,7,10,12,15H2,1-6H3/b9-8+,18-11+/t17?,19?,20-,22+,28+,32+/m0/s1. The molecule has 2 unspecified atom stereocenters. The van der Waals surface area contributed by atoms with E-state index in [0.717, 1.165) is 18.4 Å². The lowest BCUT2D eigenvalue weighted by Crippen LogP contribution is -2.41. The molecule has 208 valence electrons. The number of ketones is 3. The van der Waals surface area contributed by atoms with Gasteiger partial charge in [-0.2, -0.15) is 0 Å². The molecule has 2 heterocycles. The van der Waals surface area contributed by atoms with Crippen LogP contribution in [0.25, 0.3) is 0 Å². The summed E-state index contributed by atoms with van der Waals surface area (Å²) in [7, 11) is 0. The molecule has 0 saturated heterocycles. The van der Waals surface area contributed by atoms with Gasteiger partial charge in [-0.25, -0.2) is 4.79 Å². The quantitative estimate of drug-likeness (QED) is 0.202. The van der Waals surface area contributed by atoms with Crippen LogP contribution in [0.5, 0.6) is 0 Å². The minimum Gasteiger partial charge on any atom is -0.468 e. The summed E-state index contributed by atoms with van der Waals surface area (Å²) in [6, 6.07) is 0. The van der Waals surface area contributed by atoms with E-state index >= 15 is 0 Å². The van der Waals surface area contributed by atoms with Crippen molar-refractivity contribution in [2.24, 2.45) is 23.7 Å². The number of hydrogen-bond donors (Lipinski definition) is 1. The van der Waals surface area contributed by atoms with Crippen LogP contribution in [0.1, 0.15) is 67.2 Å². The van der Waals surface area contributed by atoms with E-state index in [0.29, 0.717) is 35.2 Å². The third-order valence-electron chi connectivity index (χ3n) is 8.24. The average molecular weight is 535 g/mol. The van der Waals surface area contributed by atoms with Crippen LogP contribution in [0.3, 0.4) is 0 Å². The van der Waals surface area contributed by atoms with E-state index in [1.54, 1.807) is 12.2 Å². The Morgan fingerprint density at radius 3 is 2.59 bits per heavy atom. The predicted molar refractivity (Wildman–Crippen MR) is 146 cm³/mol. The van der Waals surface area contributed by atoms with Crippen molar-refractivity contribution >= 4 is 23.3 Å². The summed E-state index contributed by atoms with van der Waals surface area (Å²) in [5.41, 5.74) is 0.142. The number of fused-ring (bicyclic) bond motifs is 3. The summed E-state index contributed by atoms with van der Waals surface area (Å²) in [4.78, 5) is 52.2. The second-order valence-electron chi connectivity index (χ2n) is 11.7. The van der Waals surface area contributed by atoms with Gasteiger partial charge in [0.15, 0.2) is 11.4 Å². The fraction of sp³-hybridized carbons (Fsp3) is 0.500. The minimum absolute atomic E-state index is 0.0467. The first-order chi connectivity index (χ1) is 18.3. The second-order valence-corrected chi connectivity index (χ2v) is 11.7. The summed E-state index contributed by atoms with van der Waals surface area (Å²) < 4.78 is 11.4. The number of carbonyl (C=O) groups excluding carboxylic acids is 4. The predicted octanol–water partition coefficient (Wildman–Crippen LogP) is 5.03. The van der Waals surface area contributed by atoms with Gasteiger partial charge >= 0.3 is 5.97 Å². The van der Waals surface area contributed by atoms with Gasteiger partial charge in [-0.05, 0) is 68.2 Å². The van der Waals surface area contributed by atoms with Crippen molar-refractivity contribution in [1.82, 2.24) is 0 Å². The zero-order valence-electron chi connectivity index (χ0n) is 23.6. The van der Waals surface area contributed by atoms with Crippen molar-refractivity contribution in [3.63, 3.8) is 0 Å². The Bertz CT molecular complexity index is 1290. The number of rotatable bonds is 8. The van der Waals surface area contributed by atoms with Crippen LogP contribution in [-0.4, -0.2) is 40.1 Å². The SMILES string of the molecule is CCC(C)CC(C)/C=C(C)/C=C/C(=O)C1=C2C3=COC([C@H]4C(=O)C[C@H](O)C[C@@H]4C)=CC3=CC(=O)[C@@]2(C)OC1=O. The molecule has 1 saturated carbocycles. The van der Waals surface area contributed by atoms with Crippen LogP contribution < -0.4 is 0 Å². The van der Waals surface area contributed by atoms with Gasteiger partial charge in [0.05, 0.1) is 18.3 Å². The molecule has 2 aliphatic heterocycles. The number of carbonyl (C=O) groups is 4. The monoisotopic (exact) mass is 534 g/mol. The molecule has 0 aromatic rings. The molecule has 7 heteroatoms. The van der Waals surface area contributed by atoms with Crippen molar-refractivity contribution in [2.75, 3.05) is 0 Å². The van der Waals surface area contributed by atoms with Gasteiger partial charge in [0.2, 0.25) is 5.78 Å². The first-order valence-electron chi connectivity index (χ1n) is 13.8. The summed E-state index contributed by atoms with van der Waals surface area (Å²) in [6.07, 6.45) is 11.5. The molecule has 1 fully saturated rings. The molecule has 6 atom stereocenters.